The molecule has 21 heavy (non-hydrogen) atoms. The van der Waals surface area contributed by atoms with Crippen molar-refractivity contribution < 1.29 is 9.36 Å². The summed E-state index contributed by atoms with van der Waals surface area (Å²) >= 11 is 0. The molecule has 110 valence electrons. The van der Waals surface area contributed by atoms with Gasteiger partial charge in [-0.15, -0.1) is 0 Å². The maximum absolute atomic E-state index is 12.0. The molecule has 0 bridgehead atoms. The summed E-state index contributed by atoms with van der Waals surface area (Å²) in [5.41, 5.74) is 3.18. The van der Waals surface area contributed by atoms with Gasteiger partial charge in [0.05, 0.1) is 5.56 Å². The highest BCUT2D eigenvalue weighted by atomic mass is 16.1. The van der Waals surface area contributed by atoms with Gasteiger partial charge < -0.3 is 5.32 Å². The van der Waals surface area contributed by atoms with Gasteiger partial charge in [0.25, 0.3) is 5.91 Å². The van der Waals surface area contributed by atoms with Gasteiger partial charge in [-0.05, 0) is 24.0 Å². The van der Waals surface area contributed by atoms with E-state index in [0.717, 1.165) is 12.0 Å². The minimum absolute atomic E-state index is 0.0364. The van der Waals surface area contributed by atoms with Crippen LogP contribution in [0.3, 0.4) is 0 Å². The number of pyridine rings is 1. The van der Waals surface area contributed by atoms with Crippen LogP contribution in [-0.4, -0.2) is 5.91 Å². The van der Waals surface area contributed by atoms with Crippen LogP contribution in [0.15, 0.2) is 48.8 Å². The third-order valence-corrected chi connectivity index (χ3v) is 3.54. The Kier molecular flexibility index (Phi) is 5.50. The largest absolute Gasteiger partial charge is 0.348 e. The lowest BCUT2D eigenvalue weighted by Crippen LogP contribution is -2.28. The zero-order chi connectivity index (χ0) is 15.1. The lowest BCUT2D eigenvalue weighted by Gasteiger charge is -2.06. The normalized spacial score (nSPS) is 10.4. The highest BCUT2D eigenvalue weighted by molar-refractivity contribution is 5.93. The summed E-state index contributed by atoms with van der Waals surface area (Å²) in [7, 11) is 1.93. The molecule has 0 atom stereocenters. The standard InChI is InChI=1S/C18H22N2O/c1-3-4-5-15-6-8-16(9-7-15)14-19-18(21)17-10-12-20(2)13-11-17/h6-13H,3-5,14H2,1-2H3/p+1. The summed E-state index contributed by atoms with van der Waals surface area (Å²) in [6, 6.07) is 12.1. The first-order valence-electron chi connectivity index (χ1n) is 7.50. The summed E-state index contributed by atoms with van der Waals surface area (Å²) in [5.74, 6) is -0.0364. The molecule has 1 amide bonds. The van der Waals surface area contributed by atoms with Crippen molar-refractivity contribution in [2.45, 2.75) is 32.7 Å². The van der Waals surface area contributed by atoms with Crippen molar-refractivity contribution in [2.75, 3.05) is 0 Å². The van der Waals surface area contributed by atoms with E-state index in [-0.39, 0.29) is 5.91 Å². The molecule has 1 N–H and O–H groups in total. The Morgan fingerprint density at radius 2 is 1.67 bits per heavy atom. The second kappa shape index (κ2) is 7.58. The van der Waals surface area contributed by atoms with Crippen LogP contribution in [0.25, 0.3) is 0 Å². The van der Waals surface area contributed by atoms with Crippen LogP contribution in [0.4, 0.5) is 0 Å². The van der Waals surface area contributed by atoms with E-state index in [1.165, 1.54) is 18.4 Å². The number of rotatable bonds is 6. The van der Waals surface area contributed by atoms with Gasteiger partial charge in [0.2, 0.25) is 0 Å². The van der Waals surface area contributed by atoms with Gasteiger partial charge in [0.1, 0.15) is 7.05 Å². The molecule has 0 saturated carbocycles. The van der Waals surface area contributed by atoms with E-state index < -0.39 is 0 Å². The number of amides is 1. The third kappa shape index (κ3) is 4.71. The van der Waals surface area contributed by atoms with E-state index in [9.17, 15) is 4.79 Å². The zero-order valence-corrected chi connectivity index (χ0v) is 12.8. The van der Waals surface area contributed by atoms with Crippen LogP contribution in [0.5, 0.6) is 0 Å². The summed E-state index contributed by atoms with van der Waals surface area (Å²) < 4.78 is 1.91. The predicted octanol–water partition coefficient (Wildman–Crippen LogP) is 2.78. The number of hydrogen-bond acceptors (Lipinski definition) is 1. The van der Waals surface area contributed by atoms with E-state index in [1.807, 2.05) is 36.1 Å². The maximum atomic E-state index is 12.0. The van der Waals surface area contributed by atoms with Gasteiger partial charge in [-0.2, -0.15) is 0 Å². The van der Waals surface area contributed by atoms with E-state index in [1.54, 1.807) is 0 Å². The first kappa shape index (κ1) is 15.2. The molecule has 0 unspecified atom stereocenters. The molecule has 0 spiro atoms. The van der Waals surface area contributed by atoms with Crippen molar-refractivity contribution in [3.05, 3.63) is 65.5 Å². The Labute approximate surface area is 126 Å². The van der Waals surface area contributed by atoms with Crippen molar-refractivity contribution in [2.24, 2.45) is 7.05 Å². The minimum Gasteiger partial charge on any atom is -0.348 e. The fourth-order valence-electron chi connectivity index (χ4n) is 2.14. The van der Waals surface area contributed by atoms with Crippen LogP contribution in [0, 0.1) is 0 Å². The van der Waals surface area contributed by atoms with E-state index >= 15 is 0 Å². The Morgan fingerprint density at radius 3 is 2.29 bits per heavy atom. The molecule has 0 saturated heterocycles. The third-order valence-electron chi connectivity index (χ3n) is 3.54. The summed E-state index contributed by atoms with van der Waals surface area (Å²) in [4.78, 5) is 12.0. The van der Waals surface area contributed by atoms with Gasteiger partial charge >= 0.3 is 0 Å². The molecule has 0 aliphatic rings. The molecule has 0 aliphatic carbocycles. The molecule has 0 radical (unpaired) electrons. The SMILES string of the molecule is CCCCc1ccc(CNC(=O)c2cc[n+](C)cc2)cc1. The maximum Gasteiger partial charge on any atom is 0.252 e. The molecule has 1 heterocycles. The van der Waals surface area contributed by atoms with Crippen molar-refractivity contribution in [1.29, 1.82) is 0 Å². The zero-order valence-electron chi connectivity index (χ0n) is 12.8. The average molecular weight is 283 g/mol. The number of nitrogens with one attached hydrogen (secondary N) is 1. The Balaban J connectivity index is 1.87. The second-order valence-corrected chi connectivity index (χ2v) is 5.36. The number of hydrogen-bond donors (Lipinski definition) is 1. The molecule has 3 heteroatoms. The lowest BCUT2D eigenvalue weighted by atomic mass is 10.1. The first-order valence-corrected chi connectivity index (χ1v) is 7.50. The van der Waals surface area contributed by atoms with Crippen molar-refractivity contribution in [3.8, 4) is 0 Å². The van der Waals surface area contributed by atoms with Gasteiger partial charge in [0, 0.05) is 18.7 Å². The first-order chi connectivity index (χ1) is 10.2. The summed E-state index contributed by atoms with van der Waals surface area (Å²) in [6.07, 6.45) is 7.31. The average Bonchev–Trinajstić information content (AvgIpc) is 2.52. The number of aromatic nitrogens is 1. The molecular formula is C18H23N2O+. The molecule has 3 nitrogen and oxygen atoms in total. The number of nitrogens with zero attached hydrogens (tertiary/aromatic N) is 1. The number of unbranched alkanes of at least 4 members (excludes halogenated alkanes) is 1. The van der Waals surface area contributed by atoms with Crippen LogP contribution in [0.1, 0.15) is 41.3 Å². The van der Waals surface area contributed by atoms with Crippen LogP contribution in [0.2, 0.25) is 0 Å². The number of carbonyl (C=O) groups excluding carboxylic acids is 1. The topological polar surface area (TPSA) is 33.0 Å². The highest BCUT2D eigenvalue weighted by Gasteiger charge is 2.06. The van der Waals surface area contributed by atoms with Gasteiger partial charge in [-0.3, -0.25) is 4.79 Å². The fourth-order valence-corrected chi connectivity index (χ4v) is 2.14. The van der Waals surface area contributed by atoms with E-state index in [4.69, 9.17) is 0 Å². The molecule has 0 fully saturated rings. The lowest BCUT2D eigenvalue weighted by molar-refractivity contribution is -0.671. The Morgan fingerprint density at radius 1 is 1.05 bits per heavy atom. The van der Waals surface area contributed by atoms with Gasteiger partial charge in [-0.25, -0.2) is 4.57 Å². The van der Waals surface area contributed by atoms with Crippen molar-refractivity contribution in [3.63, 3.8) is 0 Å². The Hall–Kier alpha value is -2.16. The van der Waals surface area contributed by atoms with Gasteiger partial charge in [0.15, 0.2) is 12.4 Å². The number of benzene rings is 1. The van der Waals surface area contributed by atoms with Crippen LogP contribution in [-0.2, 0) is 20.0 Å². The molecular weight excluding hydrogens is 260 g/mol. The van der Waals surface area contributed by atoms with Gasteiger partial charge in [-0.1, -0.05) is 37.6 Å². The highest BCUT2D eigenvalue weighted by Crippen LogP contribution is 2.08. The molecule has 1 aromatic heterocycles. The molecule has 1 aromatic carbocycles. The summed E-state index contributed by atoms with van der Waals surface area (Å²) in [5, 5.41) is 2.95. The summed E-state index contributed by atoms with van der Waals surface area (Å²) in [6.45, 7) is 2.77. The predicted molar refractivity (Wildman–Crippen MR) is 83.8 cm³/mol. The Bertz CT molecular complexity index is 573. The molecule has 2 aromatic rings. The van der Waals surface area contributed by atoms with Crippen LogP contribution < -0.4 is 9.88 Å². The molecule has 0 aliphatic heterocycles. The number of carbonyl (C=O) groups is 1. The quantitative estimate of drug-likeness (QED) is 0.813. The number of aryl methyl sites for hydroxylation is 2. The fraction of sp³-hybridized carbons (Fsp3) is 0.333. The van der Waals surface area contributed by atoms with E-state index in [2.05, 4.69) is 36.5 Å². The minimum atomic E-state index is -0.0364. The monoisotopic (exact) mass is 283 g/mol. The second-order valence-electron chi connectivity index (χ2n) is 5.36. The van der Waals surface area contributed by atoms with E-state index in [0.29, 0.717) is 12.1 Å². The van der Waals surface area contributed by atoms with Crippen molar-refractivity contribution >= 4 is 5.91 Å². The molecule has 2 rings (SSSR count). The van der Waals surface area contributed by atoms with Crippen LogP contribution >= 0.6 is 0 Å². The smallest absolute Gasteiger partial charge is 0.252 e. The van der Waals surface area contributed by atoms with Crippen molar-refractivity contribution in [1.82, 2.24) is 5.32 Å².